The van der Waals surface area contributed by atoms with Crippen molar-refractivity contribution in [3.05, 3.63) is 45.4 Å². The lowest BCUT2D eigenvalue weighted by Crippen LogP contribution is -2.22. The fourth-order valence-electron chi connectivity index (χ4n) is 3.07. The fourth-order valence-corrected chi connectivity index (χ4v) is 3.07. The van der Waals surface area contributed by atoms with E-state index in [1.54, 1.807) is 0 Å². The molecule has 0 amide bonds. The first-order chi connectivity index (χ1) is 14.3. The molecule has 0 aliphatic rings. The third-order valence-corrected chi connectivity index (χ3v) is 4.57. The number of benzene rings is 1. The standard InChI is InChI=1S/C20H23NO9/c1-26-13-8-15(28-3)14(27-2)6-10(13)11(7-16(22)29-4)17-18(23)12(20(25)30-5)9-21-19(17)24/h6,8-9,11H,7H2,1-5H3,(H2,21,23,24). The van der Waals surface area contributed by atoms with Gasteiger partial charge in [0.25, 0.3) is 5.56 Å². The molecule has 1 heterocycles. The van der Waals surface area contributed by atoms with Gasteiger partial charge in [0.05, 0.1) is 47.5 Å². The minimum absolute atomic E-state index is 0.228. The van der Waals surface area contributed by atoms with Crippen molar-refractivity contribution in [3.8, 4) is 23.0 Å². The van der Waals surface area contributed by atoms with Crippen LogP contribution in [-0.4, -0.2) is 57.6 Å². The predicted octanol–water partition coefficient (Wildman–Crippen LogP) is 1.59. The van der Waals surface area contributed by atoms with Crippen molar-refractivity contribution in [1.29, 1.82) is 0 Å². The van der Waals surface area contributed by atoms with E-state index in [9.17, 15) is 19.5 Å². The zero-order chi connectivity index (χ0) is 22.4. The Labute approximate surface area is 172 Å². The lowest BCUT2D eigenvalue weighted by molar-refractivity contribution is -0.140. The van der Waals surface area contributed by atoms with Gasteiger partial charge in [0, 0.05) is 23.7 Å². The van der Waals surface area contributed by atoms with Gasteiger partial charge in [-0.3, -0.25) is 9.59 Å². The topological polar surface area (TPSA) is 133 Å². The van der Waals surface area contributed by atoms with Crippen LogP contribution in [0.25, 0.3) is 0 Å². The molecule has 1 aromatic heterocycles. The summed E-state index contributed by atoms with van der Waals surface area (Å²) < 4.78 is 25.4. The molecule has 0 radical (unpaired) electrons. The van der Waals surface area contributed by atoms with Crippen molar-refractivity contribution in [3.63, 3.8) is 0 Å². The summed E-state index contributed by atoms with van der Waals surface area (Å²) in [5.74, 6) is -2.24. The van der Waals surface area contributed by atoms with Crippen molar-refractivity contribution in [2.75, 3.05) is 35.5 Å². The summed E-state index contributed by atoms with van der Waals surface area (Å²) in [5, 5.41) is 10.7. The maximum atomic E-state index is 12.6. The number of aromatic nitrogens is 1. The van der Waals surface area contributed by atoms with Crippen molar-refractivity contribution in [2.45, 2.75) is 12.3 Å². The van der Waals surface area contributed by atoms with Gasteiger partial charge in [0.15, 0.2) is 11.5 Å². The molecule has 0 aliphatic heterocycles. The number of nitrogens with one attached hydrogen (secondary N) is 1. The number of rotatable bonds is 8. The summed E-state index contributed by atoms with van der Waals surface area (Å²) in [6.45, 7) is 0. The van der Waals surface area contributed by atoms with E-state index in [2.05, 4.69) is 9.72 Å². The Hall–Kier alpha value is -3.69. The van der Waals surface area contributed by atoms with Gasteiger partial charge in [-0.2, -0.15) is 0 Å². The number of carbonyl (C=O) groups excluding carboxylic acids is 2. The quantitative estimate of drug-likeness (QED) is 0.609. The van der Waals surface area contributed by atoms with Crippen molar-refractivity contribution in [1.82, 2.24) is 4.98 Å². The number of carbonyl (C=O) groups is 2. The molecule has 0 fully saturated rings. The molecule has 2 N–H and O–H groups in total. The highest BCUT2D eigenvalue weighted by Gasteiger charge is 2.31. The molecule has 1 unspecified atom stereocenters. The van der Waals surface area contributed by atoms with Crippen LogP contribution in [0.1, 0.15) is 33.8 Å². The summed E-state index contributed by atoms with van der Waals surface area (Å²) in [4.78, 5) is 39.2. The number of methoxy groups -OCH3 is 5. The Morgan fingerprint density at radius 2 is 1.57 bits per heavy atom. The Morgan fingerprint density at radius 1 is 0.967 bits per heavy atom. The smallest absolute Gasteiger partial charge is 0.343 e. The van der Waals surface area contributed by atoms with Gasteiger partial charge in [0.1, 0.15) is 17.1 Å². The molecule has 0 aliphatic carbocycles. The largest absolute Gasteiger partial charge is 0.506 e. The maximum Gasteiger partial charge on any atom is 0.343 e. The number of H-pyrrole nitrogens is 1. The first-order valence-electron chi connectivity index (χ1n) is 8.72. The summed E-state index contributed by atoms with van der Waals surface area (Å²) in [6, 6.07) is 3.04. The van der Waals surface area contributed by atoms with Crippen LogP contribution in [0.4, 0.5) is 0 Å². The molecular formula is C20H23NO9. The molecule has 1 atom stereocenters. The minimum atomic E-state index is -1.04. The van der Waals surface area contributed by atoms with Crippen molar-refractivity contribution < 1.29 is 38.4 Å². The van der Waals surface area contributed by atoms with Gasteiger partial charge in [-0.1, -0.05) is 0 Å². The van der Waals surface area contributed by atoms with Gasteiger partial charge in [-0.15, -0.1) is 0 Å². The van der Waals surface area contributed by atoms with E-state index < -0.39 is 29.2 Å². The second-order valence-electron chi connectivity index (χ2n) is 6.07. The Bertz CT molecular complexity index is 997. The number of aromatic amines is 1. The number of aromatic hydroxyl groups is 1. The van der Waals surface area contributed by atoms with Crippen molar-refractivity contribution in [2.24, 2.45) is 0 Å². The van der Waals surface area contributed by atoms with E-state index in [0.29, 0.717) is 17.1 Å². The van der Waals surface area contributed by atoms with Crippen LogP contribution in [0.15, 0.2) is 23.1 Å². The lowest BCUT2D eigenvalue weighted by atomic mass is 9.87. The Morgan fingerprint density at radius 3 is 2.10 bits per heavy atom. The molecule has 10 heteroatoms. The number of hydrogen-bond acceptors (Lipinski definition) is 9. The zero-order valence-electron chi connectivity index (χ0n) is 17.2. The average Bonchev–Trinajstić information content (AvgIpc) is 2.76. The molecular weight excluding hydrogens is 398 g/mol. The van der Waals surface area contributed by atoms with E-state index >= 15 is 0 Å². The molecule has 2 rings (SSSR count). The maximum absolute atomic E-state index is 12.6. The van der Waals surface area contributed by atoms with Gasteiger partial charge < -0.3 is 33.8 Å². The third-order valence-electron chi connectivity index (χ3n) is 4.57. The molecule has 10 nitrogen and oxygen atoms in total. The summed E-state index contributed by atoms with van der Waals surface area (Å²) >= 11 is 0. The number of esters is 2. The van der Waals surface area contributed by atoms with Gasteiger partial charge in [-0.05, 0) is 6.07 Å². The minimum Gasteiger partial charge on any atom is -0.506 e. The number of ether oxygens (including phenoxy) is 5. The molecule has 0 bridgehead atoms. The predicted molar refractivity (Wildman–Crippen MR) is 105 cm³/mol. The van der Waals surface area contributed by atoms with Crippen LogP contribution in [-0.2, 0) is 14.3 Å². The molecule has 2 aromatic rings. The molecule has 0 saturated heterocycles. The molecule has 0 saturated carbocycles. The Balaban J connectivity index is 2.83. The van der Waals surface area contributed by atoms with E-state index in [1.807, 2.05) is 0 Å². The summed E-state index contributed by atoms with van der Waals surface area (Å²) in [5.41, 5.74) is -0.857. The zero-order valence-corrected chi connectivity index (χ0v) is 17.2. The second-order valence-corrected chi connectivity index (χ2v) is 6.07. The van der Waals surface area contributed by atoms with Crippen LogP contribution in [0.5, 0.6) is 23.0 Å². The highest BCUT2D eigenvalue weighted by atomic mass is 16.5. The van der Waals surface area contributed by atoms with Crippen LogP contribution < -0.4 is 19.8 Å². The average molecular weight is 421 g/mol. The highest BCUT2D eigenvalue weighted by Crippen LogP contribution is 2.43. The summed E-state index contributed by atoms with van der Waals surface area (Å²) in [6.07, 6.45) is 0.706. The van der Waals surface area contributed by atoms with Crippen LogP contribution >= 0.6 is 0 Å². The van der Waals surface area contributed by atoms with E-state index in [0.717, 1.165) is 13.3 Å². The van der Waals surface area contributed by atoms with Crippen LogP contribution in [0.3, 0.4) is 0 Å². The molecule has 162 valence electrons. The first kappa shape index (κ1) is 22.6. The highest BCUT2D eigenvalue weighted by molar-refractivity contribution is 5.92. The van der Waals surface area contributed by atoms with E-state index in [4.69, 9.17) is 18.9 Å². The number of hydrogen-bond donors (Lipinski definition) is 2. The van der Waals surface area contributed by atoms with E-state index in [1.165, 1.54) is 40.6 Å². The SMILES string of the molecule is COC(=O)CC(c1cc(OC)c(OC)cc1OC)c1c(O)c(C(=O)OC)c[nH]c1=O. The monoisotopic (exact) mass is 421 g/mol. The van der Waals surface area contributed by atoms with Gasteiger partial charge >= 0.3 is 11.9 Å². The van der Waals surface area contributed by atoms with Crippen LogP contribution in [0.2, 0.25) is 0 Å². The van der Waals surface area contributed by atoms with Gasteiger partial charge in [-0.25, -0.2) is 4.79 Å². The normalized spacial score (nSPS) is 11.4. The van der Waals surface area contributed by atoms with Crippen molar-refractivity contribution >= 4 is 11.9 Å². The van der Waals surface area contributed by atoms with E-state index in [-0.39, 0.29) is 23.3 Å². The summed E-state index contributed by atoms with van der Waals surface area (Å²) in [7, 11) is 6.59. The third kappa shape index (κ3) is 4.32. The van der Waals surface area contributed by atoms with Crippen LogP contribution in [0, 0.1) is 0 Å². The second kappa shape index (κ2) is 9.68. The molecule has 0 spiro atoms. The fraction of sp³-hybridized carbons (Fsp3) is 0.350. The van der Waals surface area contributed by atoms with Gasteiger partial charge in [0.2, 0.25) is 0 Å². The molecule has 30 heavy (non-hydrogen) atoms. The Kier molecular flexibility index (Phi) is 7.29. The lowest BCUT2D eigenvalue weighted by Gasteiger charge is -2.22. The molecule has 1 aromatic carbocycles. The first-order valence-corrected chi connectivity index (χ1v) is 8.72. The number of pyridine rings is 1.